The summed E-state index contributed by atoms with van der Waals surface area (Å²) in [5, 5.41) is 4.41. The van der Waals surface area contributed by atoms with E-state index >= 15 is 0 Å². The minimum Gasteiger partial charge on any atom is -0.372 e. The van der Waals surface area contributed by atoms with Gasteiger partial charge in [-0.05, 0) is 44.7 Å². The molecule has 1 atom stereocenters. The molecule has 0 aromatic carbocycles. The molecule has 150 valence electrons. The summed E-state index contributed by atoms with van der Waals surface area (Å²) < 4.78 is 9.83. The van der Waals surface area contributed by atoms with Gasteiger partial charge in [-0.25, -0.2) is 4.98 Å². The van der Waals surface area contributed by atoms with Gasteiger partial charge in [-0.3, -0.25) is 14.0 Å². The number of aromatic nitrogens is 4. The van der Waals surface area contributed by atoms with Crippen molar-refractivity contribution in [1.82, 2.24) is 24.2 Å². The van der Waals surface area contributed by atoms with Gasteiger partial charge in [0.1, 0.15) is 0 Å². The highest BCUT2D eigenvalue weighted by Crippen LogP contribution is 2.38. The number of likely N-dealkylation sites (tertiary alicyclic amines) is 1. The first-order valence-electron chi connectivity index (χ1n) is 10.6. The lowest BCUT2D eigenvalue weighted by Gasteiger charge is -2.35. The zero-order valence-corrected chi connectivity index (χ0v) is 16.6. The second-order valence-corrected chi connectivity index (χ2v) is 8.60. The molecule has 1 aliphatic carbocycles. The van der Waals surface area contributed by atoms with Crippen LogP contribution in [0.4, 0.5) is 0 Å². The van der Waals surface area contributed by atoms with Crippen LogP contribution in [-0.2, 0) is 24.8 Å². The van der Waals surface area contributed by atoms with Gasteiger partial charge in [0.15, 0.2) is 0 Å². The summed E-state index contributed by atoms with van der Waals surface area (Å²) in [5.41, 5.74) is 3.66. The average Bonchev–Trinajstić information content (AvgIpc) is 3.49. The molecule has 7 nitrogen and oxygen atoms in total. The van der Waals surface area contributed by atoms with Crippen LogP contribution in [0.15, 0.2) is 23.4 Å². The van der Waals surface area contributed by atoms with E-state index < -0.39 is 0 Å². The highest BCUT2D eigenvalue weighted by Gasteiger charge is 2.29. The topological polar surface area (TPSA) is 65.2 Å². The van der Waals surface area contributed by atoms with Crippen molar-refractivity contribution >= 4 is 0 Å². The van der Waals surface area contributed by atoms with Crippen molar-refractivity contribution in [2.75, 3.05) is 26.2 Å². The van der Waals surface area contributed by atoms with Crippen molar-refractivity contribution in [3.63, 3.8) is 0 Å². The van der Waals surface area contributed by atoms with Gasteiger partial charge in [0.25, 0.3) is 5.56 Å². The molecule has 2 aromatic heterocycles. The lowest BCUT2D eigenvalue weighted by atomic mass is 9.95. The minimum atomic E-state index is 0.110. The maximum Gasteiger partial charge on any atom is 0.253 e. The molecule has 2 fully saturated rings. The molecular weight excluding hydrogens is 354 g/mol. The van der Waals surface area contributed by atoms with Crippen LogP contribution in [0.2, 0.25) is 0 Å². The minimum absolute atomic E-state index is 0.110. The van der Waals surface area contributed by atoms with Crippen LogP contribution in [0.3, 0.4) is 0 Å². The molecule has 4 heterocycles. The summed E-state index contributed by atoms with van der Waals surface area (Å²) in [6.07, 6.45) is 9.41. The average molecular weight is 383 g/mol. The Bertz CT molecular complexity index is 892. The van der Waals surface area contributed by atoms with Crippen LogP contribution >= 0.6 is 0 Å². The molecular formula is C21H29N5O2. The van der Waals surface area contributed by atoms with Crippen molar-refractivity contribution in [3.05, 3.63) is 45.9 Å². The van der Waals surface area contributed by atoms with E-state index in [1.165, 1.54) is 24.1 Å². The Morgan fingerprint density at radius 2 is 2.00 bits per heavy atom. The lowest BCUT2D eigenvalue weighted by molar-refractivity contribution is 0.00714. The maximum atomic E-state index is 12.4. The zero-order valence-electron chi connectivity index (χ0n) is 16.6. The third-order valence-corrected chi connectivity index (χ3v) is 6.58. The quantitative estimate of drug-likeness (QED) is 0.789. The van der Waals surface area contributed by atoms with Crippen molar-refractivity contribution in [3.8, 4) is 0 Å². The molecule has 2 aliphatic heterocycles. The van der Waals surface area contributed by atoms with Crippen LogP contribution in [0.25, 0.3) is 0 Å². The first-order chi connectivity index (χ1) is 13.7. The SMILES string of the molecule is Cn1ncc2c1CCOC2CN1CCC(Cn2cnc(C3CC3)cc2=O)CC1. The fourth-order valence-electron chi connectivity index (χ4n) is 4.64. The first-order valence-corrected chi connectivity index (χ1v) is 10.6. The molecule has 3 aliphatic rings. The number of aryl methyl sites for hydroxylation is 1. The van der Waals surface area contributed by atoms with Gasteiger partial charge in [0.2, 0.25) is 0 Å². The van der Waals surface area contributed by atoms with Gasteiger partial charge >= 0.3 is 0 Å². The van der Waals surface area contributed by atoms with Crippen molar-refractivity contribution in [2.24, 2.45) is 13.0 Å². The molecule has 0 bridgehead atoms. The van der Waals surface area contributed by atoms with Crippen LogP contribution in [0, 0.1) is 5.92 Å². The molecule has 0 radical (unpaired) electrons. The van der Waals surface area contributed by atoms with Crippen LogP contribution in [0.1, 0.15) is 54.7 Å². The normalized spacial score (nSPS) is 23.7. The Labute approximate surface area is 165 Å². The van der Waals surface area contributed by atoms with Crippen LogP contribution < -0.4 is 5.56 Å². The van der Waals surface area contributed by atoms with Gasteiger partial charge in [-0.1, -0.05) is 0 Å². The molecule has 0 amide bonds. The third kappa shape index (κ3) is 3.65. The highest BCUT2D eigenvalue weighted by molar-refractivity contribution is 5.23. The summed E-state index contributed by atoms with van der Waals surface area (Å²) in [4.78, 5) is 19.4. The Hall–Kier alpha value is -1.99. The molecule has 7 heteroatoms. The molecule has 0 spiro atoms. The molecule has 2 aromatic rings. The van der Waals surface area contributed by atoms with Gasteiger partial charge in [-0.15, -0.1) is 0 Å². The largest absolute Gasteiger partial charge is 0.372 e. The summed E-state index contributed by atoms with van der Waals surface area (Å²) in [7, 11) is 2.01. The van der Waals surface area contributed by atoms with E-state index in [2.05, 4.69) is 15.0 Å². The van der Waals surface area contributed by atoms with E-state index in [4.69, 9.17) is 4.74 Å². The second kappa shape index (κ2) is 7.44. The smallest absolute Gasteiger partial charge is 0.253 e. The fourth-order valence-corrected chi connectivity index (χ4v) is 4.64. The van der Waals surface area contributed by atoms with E-state index in [0.717, 1.165) is 57.7 Å². The number of nitrogens with zero attached hydrogens (tertiary/aromatic N) is 5. The number of fused-ring (bicyclic) bond motifs is 1. The summed E-state index contributed by atoms with van der Waals surface area (Å²) >= 11 is 0. The fraction of sp³-hybridized carbons (Fsp3) is 0.667. The zero-order chi connectivity index (χ0) is 19.1. The van der Waals surface area contributed by atoms with Gasteiger partial charge in [0, 0.05) is 49.8 Å². The number of rotatable bonds is 5. The van der Waals surface area contributed by atoms with Gasteiger partial charge in [-0.2, -0.15) is 5.10 Å². The molecule has 1 unspecified atom stereocenters. The molecule has 1 saturated heterocycles. The summed E-state index contributed by atoms with van der Waals surface area (Å²) in [6.45, 7) is 4.62. The third-order valence-electron chi connectivity index (χ3n) is 6.58. The van der Waals surface area contributed by atoms with Gasteiger partial charge < -0.3 is 9.64 Å². The number of hydrogen-bond donors (Lipinski definition) is 0. The van der Waals surface area contributed by atoms with Crippen LogP contribution in [0.5, 0.6) is 0 Å². The molecule has 5 rings (SSSR count). The highest BCUT2D eigenvalue weighted by atomic mass is 16.5. The van der Waals surface area contributed by atoms with Crippen molar-refractivity contribution < 1.29 is 4.74 Å². The molecule has 1 saturated carbocycles. The summed E-state index contributed by atoms with van der Waals surface area (Å²) in [6, 6.07) is 1.75. The molecule has 28 heavy (non-hydrogen) atoms. The van der Waals surface area contributed by atoms with E-state index in [1.807, 2.05) is 17.9 Å². The molecule has 0 N–H and O–H groups in total. The van der Waals surface area contributed by atoms with Crippen molar-refractivity contribution in [2.45, 2.75) is 50.7 Å². The Balaban J connectivity index is 1.16. The maximum absolute atomic E-state index is 12.4. The number of ether oxygens (including phenoxy) is 1. The van der Waals surface area contributed by atoms with E-state index in [-0.39, 0.29) is 11.7 Å². The number of hydrogen-bond acceptors (Lipinski definition) is 5. The number of piperidine rings is 1. The Morgan fingerprint density at radius 1 is 1.18 bits per heavy atom. The van der Waals surface area contributed by atoms with E-state index in [0.29, 0.717) is 11.8 Å². The Kier molecular flexibility index (Phi) is 4.80. The van der Waals surface area contributed by atoms with E-state index in [1.54, 1.807) is 17.0 Å². The van der Waals surface area contributed by atoms with Crippen molar-refractivity contribution in [1.29, 1.82) is 0 Å². The monoisotopic (exact) mass is 383 g/mol. The predicted molar refractivity (Wildman–Crippen MR) is 105 cm³/mol. The first kappa shape index (κ1) is 18.1. The predicted octanol–water partition coefficient (Wildman–Crippen LogP) is 1.88. The standard InChI is InChI=1S/C21H29N5O2/c1-24-19-6-9-28-20(17(19)11-23-24)13-25-7-4-15(5-8-25)12-26-14-22-18(10-21(26)27)16-2-3-16/h10-11,14-16,20H,2-9,12-13H2,1H3. The van der Waals surface area contributed by atoms with Gasteiger partial charge in [0.05, 0.1) is 30.9 Å². The van der Waals surface area contributed by atoms with Crippen LogP contribution in [-0.4, -0.2) is 50.5 Å². The Morgan fingerprint density at radius 3 is 2.75 bits per heavy atom. The van der Waals surface area contributed by atoms with E-state index in [9.17, 15) is 4.79 Å². The second-order valence-electron chi connectivity index (χ2n) is 8.60. The summed E-state index contributed by atoms with van der Waals surface area (Å²) in [5.74, 6) is 1.08. The lowest BCUT2D eigenvalue weighted by Crippen LogP contribution is -2.39.